The van der Waals surface area contributed by atoms with Crippen LogP contribution < -0.4 is 0 Å². The minimum atomic E-state index is -0.368. The van der Waals surface area contributed by atoms with E-state index in [2.05, 4.69) is 0 Å². The molecule has 1 aromatic carbocycles. The molecule has 2 amide bonds. The summed E-state index contributed by atoms with van der Waals surface area (Å²) in [6.07, 6.45) is 1.65. The average Bonchev–Trinajstić information content (AvgIpc) is 2.33. The minimum absolute atomic E-state index is 0.220. The SMILES string of the molecule is CC(=O)N1CCO/C(=C\c2ccccc2)C1=O. The van der Waals surface area contributed by atoms with E-state index in [4.69, 9.17) is 4.74 Å². The molecule has 88 valence electrons. The molecule has 0 aliphatic carbocycles. The van der Waals surface area contributed by atoms with Crippen LogP contribution >= 0.6 is 0 Å². The van der Waals surface area contributed by atoms with Gasteiger partial charge in [-0.3, -0.25) is 14.5 Å². The molecule has 2 rings (SSSR count). The molecule has 17 heavy (non-hydrogen) atoms. The van der Waals surface area contributed by atoms with Gasteiger partial charge < -0.3 is 4.74 Å². The topological polar surface area (TPSA) is 46.6 Å². The number of carbonyl (C=O) groups excluding carboxylic acids is 2. The van der Waals surface area contributed by atoms with Gasteiger partial charge in [-0.15, -0.1) is 0 Å². The molecule has 0 atom stereocenters. The van der Waals surface area contributed by atoms with Crippen molar-refractivity contribution in [3.8, 4) is 0 Å². The molecule has 0 saturated carbocycles. The monoisotopic (exact) mass is 231 g/mol. The number of nitrogens with zero attached hydrogens (tertiary/aromatic N) is 1. The summed E-state index contributed by atoms with van der Waals surface area (Å²) < 4.78 is 5.29. The van der Waals surface area contributed by atoms with Gasteiger partial charge in [0.25, 0.3) is 5.91 Å². The molecule has 0 N–H and O–H groups in total. The highest BCUT2D eigenvalue weighted by molar-refractivity contribution is 6.05. The van der Waals surface area contributed by atoms with Crippen LogP contribution in [-0.2, 0) is 14.3 Å². The molecule has 4 heteroatoms. The molecule has 0 radical (unpaired) electrons. The van der Waals surface area contributed by atoms with Gasteiger partial charge in [0.2, 0.25) is 5.91 Å². The van der Waals surface area contributed by atoms with Gasteiger partial charge in [-0.2, -0.15) is 0 Å². The molecule has 0 spiro atoms. The van der Waals surface area contributed by atoms with E-state index in [9.17, 15) is 9.59 Å². The van der Waals surface area contributed by atoms with Crippen LogP contribution in [0.25, 0.3) is 6.08 Å². The number of morpholine rings is 1. The van der Waals surface area contributed by atoms with Crippen molar-refractivity contribution >= 4 is 17.9 Å². The zero-order chi connectivity index (χ0) is 12.3. The molecule has 0 bridgehead atoms. The van der Waals surface area contributed by atoms with Crippen LogP contribution in [0.5, 0.6) is 0 Å². The van der Waals surface area contributed by atoms with Crippen molar-refractivity contribution in [2.24, 2.45) is 0 Å². The Hall–Kier alpha value is -2.10. The summed E-state index contributed by atoms with van der Waals surface area (Å²) in [7, 11) is 0. The first kappa shape index (κ1) is 11.4. The summed E-state index contributed by atoms with van der Waals surface area (Å²) in [6.45, 7) is 2.05. The molecular formula is C13H13NO3. The maximum absolute atomic E-state index is 11.9. The van der Waals surface area contributed by atoms with Gasteiger partial charge in [0.15, 0.2) is 5.76 Å². The van der Waals surface area contributed by atoms with Gasteiger partial charge in [0.05, 0.1) is 6.54 Å². The lowest BCUT2D eigenvalue weighted by Gasteiger charge is -2.25. The fraction of sp³-hybridized carbons (Fsp3) is 0.231. The molecule has 4 nitrogen and oxygen atoms in total. The summed E-state index contributed by atoms with van der Waals surface area (Å²) >= 11 is 0. The molecule has 0 aromatic heterocycles. The van der Waals surface area contributed by atoms with Crippen LogP contribution in [0.3, 0.4) is 0 Å². The zero-order valence-corrected chi connectivity index (χ0v) is 9.55. The van der Waals surface area contributed by atoms with Gasteiger partial charge in [-0.1, -0.05) is 30.3 Å². The van der Waals surface area contributed by atoms with Crippen molar-refractivity contribution in [3.63, 3.8) is 0 Å². The second-order valence-electron chi connectivity index (χ2n) is 3.74. The number of hydrogen-bond acceptors (Lipinski definition) is 3. The summed E-state index contributed by atoms with van der Waals surface area (Å²) in [5.41, 5.74) is 0.876. The minimum Gasteiger partial charge on any atom is -0.486 e. The molecule has 1 saturated heterocycles. The Kier molecular flexibility index (Phi) is 3.23. The van der Waals surface area contributed by atoms with Crippen LogP contribution in [0, 0.1) is 0 Å². The Bertz CT molecular complexity index is 465. The molecular weight excluding hydrogens is 218 g/mol. The van der Waals surface area contributed by atoms with Gasteiger partial charge >= 0.3 is 0 Å². The van der Waals surface area contributed by atoms with Gasteiger partial charge in [0.1, 0.15) is 6.61 Å². The van der Waals surface area contributed by atoms with Crippen LogP contribution in [0.4, 0.5) is 0 Å². The third-order valence-corrected chi connectivity index (χ3v) is 2.51. The third kappa shape index (κ3) is 2.53. The van der Waals surface area contributed by atoms with Gasteiger partial charge in [-0.25, -0.2) is 0 Å². The number of benzene rings is 1. The molecule has 1 aromatic rings. The van der Waals surface area contributed by atoms with Crippen molar-refractivity contribution in [2.45, 2.75) is 6.92 Å². The lowest BCUT2D eigenvalue weighted by molar-refractivity contribution is -0.147. The van der Waals surface area contributed by atoms with Crippen LogP contribution in [0.15, 0.2) is 36.1 Å². The van der Waals surface area contributed by atoms with Gasteiger partial charge in [0, 0.05) is 6.92 Å². The molecule has 1 heterocycles. The maximum Gasteiger partial charge on any atom is 0.295 e. The first-order chi connectivity index (χ1) is 8.18. The highest BCUT2D eigenvalue weighted by Gasteiger charge is 2.27. The van der Waals surface area contributed by atoms with E-state index in [0.717, 1.165) is 5.56 Å². The highest BCUT2D eigenvalue weighted by atomic mass is 16.5. The lowest BCUT2D eigenvalue weighted by Crippen LogP contribution is -2.43. The lowest BCUT2D eigenvalue weighted by atomic mass is 10.2. The molecule has 1 aliphatic rings. The van der Waals surface area contributed by atoms with E-state index in [-0.39, 0.29) is 17.6 Å². The molecule has 1 aliphatic heterocycles. The second-order valence-corrected chi connectivity index (χ2v) is 3.74. The van der Waals surface area contributed by atoms with Crippen molar-refractivity contribution in [1.82, 2.24) is 4.90 Å². The second kappa shape index (κ2) is 4.82. The van der Waals surface area contributed by atoms with Crippen molar-refractivity contribution in [1.29, 1.82) is 0 Å². The highest BCUT2D eigenvalue weighted by Crippen LogP contribution is 2.15. The van der Waals surface area contributed by atoms with Crippen LogP contribution in [0.2, 0.25) is 0 Å². The number of ether oxygens (including phenoxy) is 1. The Labute approximate surface area is 99.5 Å². The number of amides is 2. The summed E-state index contributed by atoms with van der Waals surface area (Å²) in [6, 6.07) is 9.39. The van der Waals surface area contributed by atoms with E-state index in [0.29, 0.717) is 13.2 Å². The maximum atomic E-state index is 11.9. The summed E-state index contributed by atoms with van der Waals surface area (Å²) in [4.78, 5) is 24.3. The zero-order valence-electron chi connectivity index (χ0n) is 9.55. The average molecular weight is 231 g/mol. The molecule has 0 unspecified atom stereocenters. The number of carbonyl (C=O) groups is 2. The predicted molar refractivity (Wildman–Crippen MR) is 62.8 cm³/mol. The van der Waals surface area contributed by atoms with E-state index in [1.807, 2.05) is 30.3 Å². The summed E-state index contributed by atoms with van der Waals surface area (Å²) in [5.74, 6) is -0.400. The fourth-order valence-electron chi connectivity index (χ4n) is 1.65. The van der Waals surface area contributed by atoms with E-state index in [1.165, 1.54) is 11.8 Å². The largest absolute Gasteiger partial charge is 0.486 e. The molecule has 1 fully saturated rings. The predicted octanol–water partition coefficient (Wildman–Crippen LogP) is 1.43. The first-order valence-electron chi connectivity index (χ1n) is 5.40. The summed E-state index contributed by atoms with van der Waals surface area (Å²) in [5, 5.41) is 0. The smallest absolute Gasteiger partial charge is 0.295 e. The fourth-order valence-corrected chi connectivity index (χ4v) is 1.65. The Morgan fingerprint density at radius 2 is 2.06 bits per heavy atom. The quantitative estimate of drug-likeness (QED) is 0.687. The van der Waals surface area contributed by atoms with Crippen LogP contribution in [0.1, 0.15) is 12.5 Å². The number of rotatable bonds is 1. The van der Waals surface area contributed by atoms with Crippen molar-refractivity contribution in [3.05, 3.63) is 41.7 Å². The number of imide groups is 1. The van der Waals surface area contributed by atoms with E-state index < -0.39 is 0 Å². The van der Waals surface area contributed by atoms with Crippen molar-refractivity contribution < 1.29 is 14.3 Å². The van der Waals surface area contributed by atoms with E-state index >= 15 is 0 Å². The van der Waals surface area contributed by atoms with E-state index in [1.54, 1.807) is 6.08 Å². The van der Waals surface area contributed by atoms with Gasteiger partial charge in [-0.05, 0) is 11.6 Å². The normalized spacial score (nSPS) is 18.1. The van der Waals surface area contributed by atoms with Crippen molar-refractivity contribution in [2.75, 3.05) is 13.2 Å². The first-order valence-corrected chi connectivity index (χ1v) is 5.40. The Morgan fingerprint density at radius 1 is 1.35 bits per heavy atom. The third-order valence-electron chi connectivity index (χ3n) is 2.51. The Morgan fingerprint density at radius 3 is 2.71 bits per heavy atom. The van der Waals surface area contributed by atoms with Crippen LogP contribution in [-0.4, -0.2) is 29.9 Å². The Balaban J connectivity index is 2.24. The number of hydrogen-bond donors (Lipinski definition) is 0. The standard InChI is InChI=1S/C13H13NO3/c1-10(15)14-7-8-17-12(13(14)16)9-11-5-3-2-4-6-11/h2-6,9H,7-8H2,1H3/b12-9-.